The van der Waals surface area contributed by atoms with Crippen LogP contribution < -0.4 is 9.46 Å². The molecule has 0 spiro atoms. The van der Waals surface area contributed by atoms with Crippen LogP contribution in [0.5, 0.6) is 5.75 Å². The number of benzene rings is 1. The molecule has 0 radical (unpaired) electrons. The number of ether oxygens (including phenoxy) is 1. The zero-order valence-corrected chi connectivity index (χ0v) is 14.1. The van der Waals surface area contributed by atoms with Gasteiger partial charge < -0.3 is 9.30 Å². The van der Waals surface area contributed by atoms with E-state index >= 15 is 0 Å². The average molecular weight is 307 g/mol. The third kappa shape index (κ3) is 7.20. The molecule has 0 fully saturated rings. The van der Waals surface area contributed by atoms with Gasteiger partial charge in [-0.15, -0.1) is 0 Å². The summed E-state index contributed by atoms with van der Waals surface area (Å²) in [6, 6.07) is 8.13. The second-order valence-electron chi connectivity index (χ2n) is 4.39. The monoisotopic (exact) mass is 307 g/mol. The highest BCUT2D eigenvalue weighted by molar-refractivity contribution is 7.97. The maximum atomic E-state index is 5.65. The summed E-state index contributed by atoms with van der Waals surface area (Å²) in [6.07, 6.45) is 4.75. The number of nitrogens with zero attached hydrogens (tertiary/aromatic N) is 2. The van der Waals surface area contributed by atoms with Crippen molar-refractivity contribution in [3.05, 3.63) is 42.4 Å². The smallest absolute Gasteiger partial charge is 0.129 e. The van der Waals surface area contributed by atoms with Gasteiger partial charge in [0.2, 0.25) is 0 Å². The molecule has 0 saturated heterocycles. The van der Waals surface area contributed by atoms with Gasteiger partial charge in [-0.3, -0.25) is 4.72 Å². The molecule has 1 aromatic heterocycles. The van der Waals surface area contributed by atoms with Gasteiger partial charge in [0.05, 0.1) is 12.9 Å². The van der Waals surface area contributed by atoms with Gasteiger partial charge in [0.1, 0.15) is 10.8 Å². The highest BCUT2D eigenvalue weighted by Crippen LogP contribution is 2.12. The molecule has 0 aliphatic carbocycles. The van der Waals surface area contributed by atoms with E-state index in [1.54, 1.807) is 18.3 Å². The van der Waals surface area contributed by atoms with Crippen LogP contribution >= 0.6 is 11.9 Å². The molecule has 1 aromatic carbocycles. The van der Waals surface area contributed by atoms with Crippen molar-refractivity contribution in [3.63, 3.8) is 0 Å². The molecule has 116 valence electrons. The largest absolute Gasteiger partial charge is 0.494 e. The normalized spacial score (nSPS) is 9.90. The van der Waals surface area contributed by atoms with E-state index in [1.165, 1.54) is 5.56 Å². The maximum Gasteiger partial charge on any atom is 0.129 e. The van der Waals surface area contributed by atoms with Crippen LogP contribution in [-0.4, -0.2) is 22.7 Å². The van der Waals surface area contributed by atoms with Crippen LogP contribution in [0.4, 0.5) is 0 Å². The van der Waals surface area contributed by atoms with Crippen molar-refractivity contribution >= 4 is 11.9 Å². The third-order valence-electron chi connectivity index (χ3n) is 2.57. The van der Waals surface area contributed by atoms with E-state index in [1.807, 2.05) is 43.8 Å². The molecule has 21 heavy (non-hydrogen) atoms. The van der Waals surface area contributed by atoms with E-state index < -0.39 is 0 Å². The van der Waals surface area contributed by atoms with Crippen molar-refractivity contribution < 1.29 is 4.74 Å². The maximum absolute atomic E-state index is 5.65. The fraction of sp³-hybridized carbons (Fsp3) is 0.438. The predicted octanol–water partition coefficient (Wildman–Crippen LogP) is 3.82. The number of hydrogen-bond acceptors (Lipinski definition) is 4. The van der Waals surface area contributed by atoms with Crippen molar-refractivity contribution in [2.45, 2.75) is 32.2 Å². The summed E-state index contributed by atoms with van der Waals surface area (Å²) < 4.78 is 10.9. The number of aryl methyl sites for hydroxylation is 2. The van der Waals surface area contributed by atoms with Gasteiger partial charge in [-0.2, -0.15) is 0 Å². The molecular weight excluding hydrogens is 282 g/mol. The first kappa shape index (κ1) is 17.6. The fourth-order valence-corrected chi connectivity index (χ4v) is 2.25. The number of rotatable bonds is 7. The molecule has 0 aliphatic rings. The molecule has 4 nitrogen and oxygen atoms in total. The Labute approximate surface area is 132 Å². The molecule has 1 N–H and O–H groups in total. The van der Waals surface area contributed by atoms with Crippen LogP contribution in [0.25, 0.3) is 0 Å². The Kier molecular flexibility index (Phi) is 8.62. The van der Waals surface area contributed by atoms with E-state index in [2.05, 4.69) is 28.8 Å². The number of aromatic nitrogens is 2. The van der Waals surface area contributed by atoms with Crippen molar-refractivity contribution in [1.82, 2.24) is 14.3 Å². The Morgan fingerprint density at radius 2 is 1.95 bits per heavy atom. The van der Waals surface area contributed by atoms with Crippen molar-refractivity contribution in [2.75, 3.05) is 13.2 Å². The first-order valence-electron chi connectivity index (χ1n) is 7.31. The SMILES string of the molecule is CC.Cc1ccc(OCCCNSc2cn(C)cn2)cc1. The molecule has 1 heterocycles. The molecule has 0 saturated carbocycles. The second-order valence-corrected chi connectivity index (χ2v) is 5.30. The molecule has 0 bridgehead atoms. The van der Waals surface area contributed by atoms with Crippen LogP contribution in [0.15, 0.2) is 41.8 Å². The second kappa shape index (κ2) is 10.3. The highest BCUT2D eigenvalue weighted by Gasteiger charge is 1.97. The summed E-state index contributed by atoms with van der Waals surface area (Å²) in [5, 5.41) is 0.988. The van der Waals surface area contributed by atoms with Gasteiger partial charge >= 0.3 is 0 Å². The average Bonchev–Trinajstić information content (AvgIpc) is 2.92. The van der Waals surface area contributed by atoms with E-state index in [-0.39, 0.29) is 0 Å². The molecule has 0 aliphatic heterocycles. The summed E-state index contributed by atoms with van der Waals surface area (Å²) in [7, 11) is 1.96. The van der Waals surface area contributed by atoms with Gasteiger partial charge in [0, 0.05) is 19.8 Å². The Morgan fingerprint density at radius 1 is 1.24 bits per heavy atom. The van der Waals surface area contributed by atoms with E-state index in [0.29, 0.717) is 0 Å². The zero-order valence-electron chi connectivity index (χ0n) is 13.3. The lowest BCUT2D eigenvalue weighted by Gasteiger charge is -2.06. The molecule has 2 aromatic rings. The standard InChI is InChI=1S/C14H19N3OS.C2H6/c1-12-4-6-13(7-5-12)18-9-3-8-16-19-14-10-17(2)11-15-14;1-2/h4-7,10-11,16H,3,8-9H2,1-2H3;1-2H3. The Morgan fingerprint density at radius 3 is 2.57 bits per heavy atom. The minimum atomic E-state index is 0.721. The summed E-state index contributed by atoms with van der Waals surface area (Å²) in [5.74, 6) is 0.933. The summed E-state index contributed by atoms with van der Waals surface area (Å²) >= 11 is 1.55. The summed E-state index contributed by atoms with van der Waals surface area (Å²) in [6.45, 7) is 7.69. The molecule has 0 amide bonds. The van der Waals surface area contributed by atoms with Crippen molar-refractivity contribution in [2.24, 2.45) is 7.05 Å². The Bertz CT molecular complexity index is 496. The fourth-order valence-electron chi connectivity index (χ4n) is 1.54. The molecule has 0 unspecified atom stereocenters. The number of imidazole rings is 1. The van der Waals surface area contributed by atoms with Crippen LogP contribution in [0.2, 0.25) is 0 Å². The number of nitrogens with one attached hydrogen (secondary N) is 1. The minimum absolute atomic E-state index is 0.721. The van der Waals surface area contributed by atoms with Gasteiger partial charge in [-0.05, 0) is 37.4 Å². The zero-order chi connectivity index (χ0) is 15.5. The summed E-state index contributed by atoms with van der Waals surface area (Å²) in [4.78, 5) is 4.22. The lowest BCUT2D eigenvalue weighted by molar-refractivity contribution is 0.312. The highest BCUT2D eigenvalue weighted by atomic mass is 32.2. The van der Waals surface area contributed by atoms with Gasteiger partial charge in [-0.25, -0.2) is 4.98 Å². The minimum Gasteiger partial charge on any atom is -0.494 e. The quantitative estimate of drug-likeness (QED) is 0.623. The van der Waals surface area contributed by atoms with E-state index in [0.717, 1.165) is 30.3 Å². The first-order chi connectivity index (χ1) is 10.2. The van der Waals surface area contributed by atoms with Crippen LogP contribution in [0, 0.1) is 6.92 Å². The topological polar surface area (TPSA) is 39.1 Å². The van der Waals surface area contributed by atoms with Crippen LogP contribution in [-0.2, 0) is 7.05 Å². The molecule has 0 atom stereocenters. The Hall–Kier alpha value is -1.46. The van der Waals surface area contributed by atoms with Crippen LogP contribution in [0.1, 0.15) is 25.8 Å². The lowest BCUT2D eigenvalue weighted by Crippen LogP contribution is -2.10. The van der Waals surface area contributed by atoms with E-state index in [4.69, 9.17) is 4.74 Å². The Balaban J connectivity index is 0.00000106. The summed E-state index contributed by atoms with van der Waals surface area (Å²) in [5.41, 5.74) is 1.25. The predicted molar refractivity (Wildman–Crippen MR) is 89.7 cm³/mol. The number of hydrogen-bond donors (Lipinski definition) is 1. The molecule has 2 rings (SSSR count). The lowest BCUT2D eigenvalue weighted by atomic mass is 10.2. The van der Waals surface area contributed by atoms with Gasteiger partial charge in [0.25, 0.3) is 0 Å². The van der Waals surface area contributed by atoms with E-state index in [9.17, 15) is 0 Å². The van der Waals surface area contributed by atoms with Crippen molar-refractivity contribution in [3.8, 4) is 5.75 Å². The third-order valence-corrected chi connectivity index (χ3v) is 3.34. The van der Waals surface area contributed by atoms with Gasteiger partial charge in [-0.1, -0.05) is 31.5 Å². The molecule has 5 heteroatoms. The van der Waals surface area contributed by atoms with Crippen LogP contribution in [0.3, 0.4) is 0 Å². The molecular formula is C16H25N3OS. The van der Waals surface area contributed by atoms with Gasteiger partial charge in [0.15, 0.2) is 0 Å². The first-order valence-corrected chi connectivity index (χ1v) is 8.13. The van der Waals surface area contributed by atoms with Crippen molar-refractivity contribution in [1.29, 1.82) is 0 Å².